The molecule has 1 amide bonds. The van der Waals surface area contributed by atoms with Crippen molar-refractivity contribution < 1.29 is 9.90 Å². The maximum absolute atomic E-state index is 11.9. The molecule has 4 rings (SSSR count). The number of allylic oxidation sites excluding steroid dienone is 1. The molecule has 3 aliphatic carbocycles. The van der Waals surface area contributed by atoms with E-state index in [0.717, 1.165) is 38.5 Å². The Labute approximate surface area is 127 Å². The fourth-order valence-corrected chi connectivity index (χ4v) is 6.06. The van der Waals surface area contributed by atoms with Gasteiger partial charge in [-0.3, -0.25) is 4.79 Å². The monoisotopic (exact) mass is 289 g/mol. The van der Waals surface area contributed by atoms with E-state index < -0.39 is 0 Å². The van der Waals surface area contributed by atoms with Crippen LogP contribution < -0.4 is 5.32 Å². The molecular weight excluding hydrogens is 262 g/mol. The fraction of sp³-hybridized carbons (Fsp3) is 0.833. The molecule has 2 saturated carbocycles. The predicted molar refractivity (Wildman–Crippen MR) is 81.5 cm³/mol. The standard InChI is InChI=1S/C18H27NO2/c1-17-7-5-12(20)9-11(17)3-4-13-14(17)6-8-18(2)15(13)10-16(21)19-18/h3,12-15,20H,4-10H2,1-2H3,(H,19,21)/t12-,13+,14-,15-,17-,18-/m0/s1. The van der Waals surface area contributed by atoms with Crippen LogP contribution in [0.5, 0.6) is 0 Å². The molecule has 2 N–H and O–H groups in total. The molecule has 4 aliphatic rings. The van der Waals surface area contributed by atoms with Gasteiger partial charge >= 0.3 is 0 Å². The Morgan fingerprint density at radius 3 is 2.81 bits per heavy atom. The largest absolute Gasteiger partial charge is 0.393 e. The lowest BCUT2D eigenvalue weighted by Crippen LogP contribution is -2.55. The number of rotatable bonds is 0. The zero-order chi connectivity index (χ0) is 14.8. The van der Waals surface area contributed by atoms with Gasteiger partial charge in [0.05, 0.1) is 6.10 Å². The van der Waals surface area contributed by atoms with Crippen LogP contribution in [0.15, 0.2) is 11.6 Å². The molecule has 3 heteroatoms. The van der Waals surface area contributed by atoms with E-state index in [9.17, 15) is 9.90 Å². The molecule has 6 atom stereocenters. The highest BCUT2D eigenvalue weighted by molar-refractivity contribution is 5.80. The SMILES string of the molecule is C[C@]12CC[C@H](O)CC1=CC[C@@H]1[C@@H]2CC[C@]2(C)NC(=O)C[C@@H]12. The van der Waals surface area contributed by atoms with Crippen molar-refractivity contribution in [3.8, 4) is 0 Å². The van der Waals surface area contributed by atoms with Gasteiger partial charge in [-0.05, 0) is 68.6 Å². The average Bonchev–Trinajstić information content (AvgIpc) is 2.74. The van der Waals surface area contributed by atoms with E-state index in [0.29, 0.717) is 17.8 Å². The number of fused-ring (bicyclic) bond motifs is 5. The minimum atomic E-state index is -0.135. The number of hydrogen-bond donors (Lipinski definition) is 2. The van der Waals surface area contributed by atoms with E-state index in [1.54, 1.807) is 0 Å². The highest BCUT2D eigenvalue weighted by Crippen LogP contribution is 2.60. The van der Waals surface area contributed by atoms with Crippen LogP contribution in [0.3, 0.4) is 0 Å². The van der Waals surface area contributed by atoms with Gasteiger partial charge in [-0.1, -0.05) is 18.6 Å². The van der Waals surface area contributed by atoms with E-state index in [4.69, 9.17) is 0 Å². The first kappa shape index (κ1) is 13.8. The van der Waals surface area contributed by atoms with Crippen molar-refractivity contribution in [2.75, 3.05) is 0 Å². The maximum atomic E-state index is 11.9. The minimum absolute atomic E-state index is 0.0358. The summed E-state index contributed by atoms with van der Waals surface area (Å²) in [4.78, 5) is 11.9. The van der Waals surface area contributed by atoms with E-state index in [1.807, 2.05) is 0 Å². The Bertz CT molecular complexity index is 513. The Morgan fingerprint density at radius 2 is 2.00 bits per heavy atom. The molecule has 0 aromatic rings. The van der Waals surface area contributed by atoms with Gasteiger partial charge in [-0.2, -0.15) is 0 Å². The summed E-state index contributed by atoms with van der Waals surface area (Å²) in [5.41, 5.74) is 1.81. The van der Waals surface area contributed by atoms with Gasteiger partial charge < -0.3 is 10.4 Å². The second-order valence-corrected chi connectivity index (χ2v) is 8.36. The number of aliphatic hydroxyl groups is 1. The molecule has 3 fully saturated rings. The zero-order valence-corrected chi connectivity index (χ0v) is 13.2. The Morgan fingerprint density at radius 1 is 1.19 bits per heavy atom. The van der Waals surface area contributed by atoms with Crippen molar-refractivity contribution in [3.63, 3.8) is 0 Å². The fourth-order valence-electron chi connectivity index (χ4n) is 6.06. The smallest absolute Gasteiger partial charge is 0.220 e. The second-order valence-electron chi connectivity index (χ2n) is 8.36. The van der Waals surface area contributed by atoms with Gasteiger partial charge in [0.25, 0.3) is 0 Å². The van der Waals surface area contributed by atoms with E-state index in [2.05, 4.69) is 25.2 Å². The molecular formula is C18H27NO2. The van der Waals surface area contributed by atoms with E-state index in [-0.39, 0.29) is 23.0 Å². The van der Waals surface area contributed by atoms with Crippen LogP contribution >= 0.6 is 0 Å². The lowest BCUT2D eigenvalue weighted by molar-refractivity contribution is -0.119. The first-order valence-corrected chi connectivity index (χ1v) is 8.61. The minimum Gasteiger partial charge on any atom is -0.393 e. The van der Waals surface area contributed by atoms with Gasteiger partial charge in [0.1, 0.15) is 0 Å². The number of carbonyl (C=O) groups excluding carboxylic acids is 1. The molecule has 1 heterocycles. The normalized spacial score (nSPS) is 52.3. The summed E-state index contributed by atoms with van der Waals surface area (Å²) >= 11 is 0. The first-order chi connectivity index (χ1) is 9.92. The summed E-state index contributed by atoms with van der Waals surface area (Å²) in [5, 5.41) is 13.2. The van der Waals surface area contributed by atoms with Gasteiger partial charge in [-0.15, -0.1) is 0 Å². The van der Waals surface area contributed by atoms with Crippen molar-refractivity contribution >= 4 is 5.91 Å². The predicted octanol–water partition coefficient (Wildman–Crippen LogP) is 2.79. The molecule has 1 saturated heterocycles. The van der Waals surface area contributed by atoms with Crippen LogP contribution in [0, 0.1) is 23.2 Å². The average molecular weight is 289 g/mol. The van der Waals surface area contributed by atoms with Crippen LogP contribution in [0.1, 0.15) is 58.8 Å². The number of aliphatic hydroxyl groups excluding tert-OH is 1. The van der Waals surface area contributed by atoms with Crippen molar-refractivity contribution in [1.29, 1.82) is 0 Å². The molecule has 0 unspecified atom stereocenters. The van der Waals surface area contributed by atoms with Crippen molar-refractivity contribution in [3.05, 3.63) is 11.6 Å². The van der Waals surface area contributed by atoms with Crippen LogP contribution in [0.25, 0.3) is 0 Å². The van der Waals surface area contributed by atoms with Gasteiger partial charge in [0, 0.05) is 12.0 Å². The summed E-state index contributed by atoms with van der Waals surface area (Å²) in [6, 6.07) is 0. The molecule has 0 spiro atoms. The van der Waals surface area contributed by atoms with Crippen molar-refractivity contribution in [2.24, 2.45) is 23.2 Å². The van der Waals surface area contributed by atoms with E-state index >= 15 is 0 Å². The lowest BCUT2D eigenvalue weighted by Gasteiger charge is -2.56. The molecule has 0 radical (unpaired) electrons. The highest BCUT2D eigenvalue weighted by Gasteiger charge is 2.57. The van der Waals surface area contributed by atoms with E-state index in [1.165, 1.54) is 12.0 Å². The molecule has 1 aliphatic heterocycles. The Balaban J connectivity index is 1.69. The summed E-state index contributed by atoms with van der Waals surface area (Å²) in [6.45, 7) is 4.68. The third-order valence-electron chi connectivity index (χ3n) is 7.30. The zero-order valence-electron chi connectivity index (χ0n) is 13.2. The summed E-state index contributed by atoms with van der Waals surface area (Å²) < 4.78 is 0. The Hall–Kier alpha value is -0.830. The van der Waals surface area contributed by atoms with Gasteiger partial charge in [-0.25, -0.2) is 0 Å². The molecule has 21 heavy (non-hydrogen) atoms. The number of amides is 1. The van der Waals surface area contributed by atoms with Crippen LogP contribution in [-0.2, 0) is 4.79 Å². The summed E-state index contributed by atoms with van der Waals surface area (Å²) in [6.07, 6.45) is 9.39. The van der Waals surface area contributed by atoms with Crippen LogP contribution in [-0.4, -0.2) is 22.7 Å². The third-order valence-corrected chi connectivity index (χ3v) is 7.30. The first-order valence-electron chi connectivity index (χ1n) is 8.61. The van der Waals surface area contributed by atoms with Gasteiger partial charge in [0.15, 0.2) is 0 Å². The molecule has 0 aromatic heterocycles. The van der Waals surface area contributed by atoms with Crippen LogP contribution in [0.4, 0.5) is 0 Å². The van der Waals surface area contributed by atoms with Crippen molar-refractivity contribution in [1.82, 2.24) is 5.32 Å². The summed E-state index contributed by atoms with van der Waals surface area (Å²) in [7, 11) is 0. The van der Waals surface area contributed by atoms with Crippen molar-refractivity contribution in [2.45, 2.75) is 70.4 Å². The highest BCUT2D eigenvalue weighted by atomic mass is 16.3. The maximum Gasteiger partial charge on any atom is 0.220 e. The van der Waals surface area contributed by atoms with Crippen LogP contribution in [0.2, 0.25) is 0 Å². The topological polar surface area (TPSA) is 49.3 Å². The lowest BCUT2D eigenvalue weighted by atomic mass is 9.49. The Kier molecular flexibility index (Phi) is 2.86. The number of hydrogen-bond acceptors (Lipinski definition) is 2. The summed E-state index contributed by atoms with van der Waals surface area (Å²) in [5.74, 6) is 2.11. The molecule has 116 valence electrons. The number of nitrogens with one attached hydrogen (secondary N) is 1. The third kappa shape index (κ3) is 1.86. The second kappa shape index (κ2) is 4.34. The molecule has 0 aromatic carbocycles. The molecule has 3 nitrogen and oxygen atoms in total. The molecule has 0 bridgehead atoms. The number of carbonyl (C=O) groups is 1. The van der Waals surface area contributed by atoms with Gasteiger partial charge in [0.2, 0.25) is 5.91 Å². The quantitative estimate of drug-likeness (QED) is 0.674.